The Kier molecular flexibility index (Phi) is 7.59. The van der Waals surface area contributed by atoms with E-state index in [2.05, 4.69) is 37.8 Å². The molecule has 0 spiro atoms. The molecule has 0 bridgehead atoms. The second-order valence-electron chi connectivity index (χ2n) is 7.25. The van der Waals surface area contributed by atoms with Crippen molar-refractivity contribution < 1.29 is 14.1 Å². The van der Waals surface area contributed by atoms with Gasteiger partial charge in [0.25, 0.3) is 5.91 Å². The van der Waals surface area contributed by atoms with Crippen LogP contribution in [0.2, 0.25) is 5.02 Å². The molecule has 0 aliphatic rings. The third-order valence-corrected chi connectivity index (χ3v) is 6.25. The quantitative estimate of drug-likeness (QED) is 0.326. The second kappa shape index (κ2) is 10.4. The van der Waals surface area contributed by atoms with Gasteiger partial charge in [-0.15, -0.1) is 0 Å². The maximum atomic E-state index is 12.7. The van der Waals surface area contributed by atoms with Crippen molar-refractivity contribution in [1.29, 1.82) is 0 Å². The molecule has 0 aliphatic heterocycles. The van der Waals surface area contributed by atoms with E-state index in [1.165, 1.54) is 13.3 Å². The van der Waals surface area contributed by atoms with E-state index in [4.69, 9.17) is 16.3 Å². The number of nitrogens with zero attached hydrogens (tertiary/aromatic N) is 2. The van der Waals surface area contributed by atoms with E-state index >= 15 is 0 Å². The van der Waals surface area contributed by atoms with E-state index < -0.39 is 13.0 Å². The molecule has 0 unspecified atom stereocenters. The number of methoxy groups -OCH3 is 1. The smallest absolute Gasteiger partial charge is 0.300 e. The van der Waals surface area contributed by atoms with Crippen molar-refractivity contribution in [3.05, 3.63) is 53.7 Å². The number of carbonyl (C=O) groups excluding carboxylic acids is 1. The molecule has 1 aromatic heterocycles. The highest BCUT2D eigenvalue weighted by Gasteiger charge is 2.17. The minimum absolute atomic E-state index is 0.241. The molecule has 0 atom stereocenters. The van der Waals surface area contributed by atoms with Crippen LogP contribution in [0.3, 0.4) is 0 Å². The van der Waals surface area contributed by atoms with Crippen LogP contribution in [-0.4, -0.2) is 36.3 Å². The van der Waals surface area contributed by atoms with Gasteiger partial charge in [0.05, 0.1) is 24.7 Å². The molecule has 0 radical (unpaired) electrons. The molecule has 0 saturated carbocycles. The van der Waals surface area contributed by atoms with Gasteiger partial charge in [0, 0.05) is 11.0 Å². The summed E-state index contributed by atoms with van der Waals surface area (Å²) in [7, 11) is -1.00. The van der Waals surface area contributed by atoms with Crippen LogP contribution in [-0.2, 0) is 9.36 Å². The van der Waals surface area contributed by atoms with E-state index in [1.54, 1.807) is 38.5 Å². The molecule has 8 nitrogen and oxygen atoms in total. The summed E-state index contributed by atoms with van der Waals surface area (Å²) in [6, 6.07) is 12.4. The predicted octanol–water partition coefficient (Wildman–Crippen LogP) is 4.84. The molecular formula is C23H23ClN5O3P. The van der Waals surface area contributed by atoms with Crippen molar-refractivity contribution in [2.45, 2.75) is 6.92 Å². The summed E-state index contributed by atoms with van der Waals surface area (Å²) < 4.78 is 18.1. The van der Waals surface area contributed by atoms with Crippen LogP contribution in [0.25, 0.3) is 0 Å². The molecular weight excluding hydrogens is 461 g/mol. The lowest BCUT2D eigenvalue weighted by atomic mass is 10.2. The van der Waals surface area contributed by atoms with Crippen molar-refractivity contribution in [3.8, 4) is 17.6 Å². The molecule has 3 aromatic rings. The molecule has 3 N–H and O–H groups in total. The average Bonchev–Trinajstić information content (AvgIpc) is 2.76. The van der Waals surface area contributed by atoms with Crippen LogP contribution in [0.1, 0.15) is 6.92 Å². The summed E-state index contributed by atoms with van der Waals surface area (Å²) in [6.07, 6.45) is 1.45. The number of ether oxygens (including phenoxy) is 1. The Morgan fingerprint density at radius 2 is 1.88 bits per heavy atom. The number of nitrogens with one attached hydrogen (secondary N) is 3. The Bertz CT molecular complexity index is 1300. The standard InChI is InChI=1S/C23H23ClN5O3P/c1-5-8-21(30)26-15-11-12-19(32-2)18(13-15)28-23-25-14-16(24)22(29-23)27-17-9-6-7-10-20(17)33(3,4)31/h6-7,9-14H,1-4H3,(H,26,30)(H2,25,27,28,29). The fourth-order valence-electron chi connectivity index (χ4n) is 2.97. The van der Waals surface area contributed by atoms with Gasteiger partial charge in [0.15, 0.2) is 5.82 Å². The molecule has 0 fully saturated rings. The second-order valence-corrected chi connectivity index (χ2v) is 10.8. The van der Waals surface area contributed by atoms with Gasteiger partial charge in [0.1, 0.15) is 17.9 Å². The van der Waals surface area contributed by atoms with Crippen LogP contribution in [0.4, 0.5) is 28.8 Å². The summed E-state index contributed by atoms with van der Waals surface area (Å²) in [5.74, 6) is 5.65. The first-order chi connectivity index (χ1) is 15.7. The molecule has 0 aliphatic carbocycles. The Hall–Kier alpha value is -3.53. The highest BCUT2D eigenvalue weighted by Crippen LogP contribution is 2.38. The number of benzene rings is 2. The van der Waals surface area contributed by atoms with Gasteiger partial charge in [-0.05, 0) is 56.5 Å². The Balaban J connectivity index is 1.91. The van der Waals surface area contributed by atoms with Crippen LogP contribution < -0.4 is 26.0 Å². The number of hydrogen-bond acceptors (Lipinski definition) is 7. The maximum absolute atomic E-state index is 12.7. The molecule has 0 saturated heterocycles. The van der Waals surface area contributed by atoms with Gasteiger partial charge in [-0.1, -0.05) is 29.7 Å². The van der Waals surface area contributed by atoms with Gasteiger partial charge in [-0.3, -0.25) is 4.79 Å². The molecule has 1 amide bonds. The monoisotopic (exact) mass is 483 g/mol. The van der Waals surface area contributed by atoms with Gasteiger partial charge < -0.3 is 25.3 Å². The van der Waals surface area contributed by atoms with E-state index in [0.29, 0.717) is 39.0 Å². The number of amides is 1. The first-order valence-electron chi connectivity index (χ1n) is 9.84. The Labute approximate surface area is 197 Å². The summed E-state index contributed by atoms with van der Waals surface area (Å²) in [5.41, 5.74) is 1.70. The molecule has 2 aromatic carbocycles. The van der Waals surface area contributed by atoms with E-state index in [0.717, 1.165) is 0 Å². The average molecular weight is 484 g/mol. The zero-order valence-corrected chi connectivity index (χ0v) is 20.2. The molecule has 170 valence electrons. The van der Waals surface area contributed by atoms with Crippen molar-refractivity contribution in [2.24, 2.45) is 0 Å². The number of carbonyl (C=O) groups is 1. The van der Waals surface area contributed by atoms with Crippen LogP contribution >= 0.6 is 18.7 Å². The first kappa shape index (κ1) is 24.1. The minimum Gasteiger partial charge on any atom is -0.495 e. The largest absolute Gasteiger partial charge is 0.495 e. The predicted molar refractivity (Wildman–Crippen MR) is 134 cm³/mol. The van der Waals surface area contributed by atoms with Crippen LogP contribution in [0, 0.1) is 11.8 Å². The summed E-state index contributed by atoms with van der Waals surface area (Å²) in [6.45, 7) is 4.99. The third kappa shape index (κ3) is 6.26. The van der Waals surface area contributed by atoms with Gasteiger partial charge in [-0.25, -0.2) is 4.98 Å². The van der Waals surface area contributed by atoms with Crippen molar-refractivity contribution >= 4 is 58.8 Å². The fourth-order valence-corrected chi connectivity index (χ4v) is 4.27. The van der Waals surface area contributed by atoms with E-state index in [-0.39, 0.29) is 5.95 Å². The third-order valence-electron chi connectivity index (χ3n) is 4.42. The lowest BCUT2D eigenvalue weighted by molar-refractivity contribution is -0.111. The lowest BCUT2D eigenvalue weighted by Crippen LogP contribution is -2.11. The first-order valence-corrected chi connectivity index (χ1v) is 12.8. The number of rotatable bonds is 7. The van der Waals surface area contributed by atoms with E-state index in [9.17, 15) is 9.36 Å². The molecule has 1 heterocycles. The SMILES string of the molecule is CC#CC(=O)Nc1ccc(OC)c(Nc2ncc(Cl)c(Nc3ccccc3P(C)(C)=O)n2)c1. The Morgan fingerprint density at radius 3 is 2.58 bits per heavy atom. The van der Waals surface area contributed by atoms with E-state index in [1.807, 2.05) is 24.3 Å². The van der Waals surface area contributed by atoms with Crippen molar-refractivity contribution in [1.82, 2.24) is 9.97 Å². The highest BCUT2D eigenvalue weighted by atomic mass is 35.5. The normalized spacial score (nSPS) is 10.6. The number of hydrogen-bond donors (Lipinski definition) is 3. The Morgan fingerprint density at radius 1 is 1.12 bits per heavy atom. The minimum atomic E-state index is -2.53. The topological polar surface area (TPSA) is 105 Å². The summed E-state index contributed by atoms with van der Waals surface area (Å²) in [5, 5.41) is 9.90. The zero-order chi connectivity index (χ0) is 24.0. The summed E-state index contributed by atoms with van der Waals surface area (Å²) in [4.78, 5) is 20.5. The number of para-hydroxylation sites is 1. The molecule has 3 rings (SSSR count). The van der Waals surface area contributed by atoms with Gasteiger partial charge >= 0.3 is 0 Å². The molecule has 33 heavy (non-hydrogen) atoms. The lowest BCUT2D eigenvalue weighted by Gasteiger charge is -2.16. The number of halogens is 1. The van der Waals surface area contributed by atoms with Gasteiger partial charge in [0.2, 0.25) is 5.95 Å². The maximum Gasteiger partial charge on any atom is 0.300 e. The van der Waals surface area contributed by atoms with Crippen molar-refractivity contribution in [3.63, 3.8) is 0 Å². The van der Waals surface area contributed by atoms with Gasteiger partial charge in [-0.2, -0.15) is 4.98 Å². The van der Waals surface area contributed by atoms with Crippen molar-refractivity contribution in [2.75, 3.05) is 36.4 Å². The number of aromatic nitrogens is 2. The molecule has 10 heteroatoms. The number of anilines is 5. The van der Waals surface area contributed by atoms with Crippen LogP contribution in [0.15, 0.2) is 48.7 Å². The van der Waals surface area contributed by atoms with Crippen LogP contribution in [0.5, 0.6) is 5.75 Å². The zero-order valence-electron chi connectivity index (χ0n) is 18.6. The highest BCUT2D eigenvalue weighted by molar-refractivity contribution is 7.70. The fraction of sp³-hybridized carbons (Fsp3) is 0.174. The summed E-state index contributed by atoms with van der Waals surface area (Å²) >= 11 is 6.32.